The number of amides is 1. The molecule has 0 saturated carbocycles. The zero-order valence-corrected chi connectivity index (χ0v) is 16.6. The molecule has 7 nitrogen and oxygen atoms in total. The first kappa shape index (κ1) is 21.3. The molecule has 0 atom stereocenters. The van der Waals surface area contributed by atoms with E-state index in [1.165, 1.54) is 16.8 Å². The maximum atomic E-state index is 12.7. The lowest BCUT2D eigenvalue weighted by atomic mass is 9.92. The van der Waals surface area contributed by atoms with Crippen LogP contribution in [0.1, 0.15) is 36.8 Å². The maximum absolute atomic E-state index is 12.7. The summed E-state index contributed by atoms with van der Waals surface area (Å²) in [7, 11) is 0. The van der Waals surface area contributed by atoms with E-state index in [9.17, 15) is 18.0 Å². The largest absolute Gasteiger partial charge is 0.468 e. The third-order valence-corrected chi connectivity index (χ3v) is 3.97. The van der Waals surface area contributed by atoms with E-state index in [1.807, 2.05) is 20.8 Å². The average molecular weight is 419 g/mol. The number of aromatic nitrogens is 4. The van der Waals surface area contributed by atoms with Crippen molar-refractivity contribution in [1.29, 1.82) is 0 Å². The minimum Gasteiger partial charge on any atom is -0.468 e. The van der Waals surface area contributed by atoms with Crippen molar-refractivity contribution in [3.63, 3.8) is 0 Å². The second-order valence-corrected chi connectivity index (χ2v) is 7.51. The van der Waals surface area contributed by atoms with Gasteiger partial charge in [0.2, 0.25) is 5.88 Å². The summed E-state index contributed by atoms with van der Waals surface area (Å²) >= 11 is 0. The number of ether oxygens (including phenoxy) is 1. The van der Waals surface area contributed by atoms with Crippen molar-refractivity contribution in [3.05, 3.63) is 60.0 Å². The zero-order chi connectivity index (χ0) is 21.9. The molecule has 3 aromatic rings. The molecule has 30 heavy (non-hydrogen) atoms. The van der Waals surface area contributed by atoms with Crippen molar-refractivity contribution in [3.8, 4) is 11.7 Å². The number of carbonyl (C=O) groups is 1. The Balaban J connectivity index is 1.81. The van der Waals surface area contributed by atoms with E-state index in [0.29, 0.717) is 11.6 Å². The molecule has 0 fully saturated rings. The van der Waals surface area contributed by atoms with Crippen LogP contribution < -0.4 is 10.1 Å². The SMILES string of the molecule is CC(C)(C)c1cc(NC(=O)c2ccc(OCC(F)(F)F)nc2)n(-c2ccccn2)n1. The third kappa shape index (κ3) is 5.34. The molecule has 0 spiro atoms. The molecule has 0 unspecified atom stereocenters. The minimum absolute atomic E-state index is 0.153. The van der Waals surface area contributed by atoms with Gasteiger partial charge in [0, 0.05) is 29.9 Å². The Bertz CT molecular complexity index is 1010. The number of hydrogen-bond acceptors (Lipinski definition) is 5. The molecular weight excluding hydrogens is 399 g/mol. The number of nitrogens with zero attached hydrogens (tertiary/aromatic N) is 4. The van der Waals surface area contributed by atoms with Crippen LogP contribution in [0.15, 0.2) is 48.8 Å². The van der Waals surface area contributed by atoms with Crippen molar-refractivity contribution in [1.82, 2.24) is 19.7 Å². The van der Waals surface area contributed by atoms with Crippen LogP contribution >= 0.6 is 0 Å². The predicted molar refractivity (Wildman–Crippen MR) is 104 cm³/mol. The number of alkyl halides is 3. The smallest absolute Gasteiger partial charge is 0.422 e. The summed E-state index contributed by atoms with van der Waals surface area (Å²) in [5.41, 5.74) is 0.636. The Kier molecular flexibility index (Phi) is 5.77. The lowest BCUT2D eigenvalue weighted by molar-refractivity contribution is -0.154. The van der Waals surface area contributed by atoms with Gasteiger partial charge in [0.1, 0.15) is 5.82 Å². The zero-order valence-electron chi connectivity index (χ0n) is 16.6. The fraction of sp³-hybridized carbons (Fsp3) is 0.300. The highest BCUT2D eigenvalue weighted by molar-refractivity contribution is 6.03. The lowest BCUT2D eigenvalue weighted by Crippen LogP contribution is -2.20. The molecule has 0 aliphatic carbocycles. The summed E-state index contributed by atoms with van der Waals surface area (Å²) in [5.74, 6) is 0.207. The van der Waals surface area contributed by atoms with E-state index in [2.05, 4.69) is 25.1 Å². The van der Waals surface area contributed by atoms with Crippen LogP contribution in [-0.2, 0) is 5.41 Å². The van der Waals surface area contributed by atoms with Crippen LogP contribution in [0.4, 0.5) is 19.0 Å². The van der Waals surface area contributed by atoms with Gasteiger partial charge in [-0.15, -0.1) is 0 Å². The molecule has 0 aliphatic heterocycles. The molecule has 3 rings (SSSR count). The van der Waals surface area contributed by atoms with Crippen molar-refractivity contribution in [2.24, 2.45) is 0 Å². The first-order valence-electron chi connectivity index (χ1n) is 9.02. The Morgan fingerprint density at radius 1 is 1.13 bits per heavy atom. The van der Waals surface area contributed by atoms with Crippen LogP contribution in [0, 0.1) is 0 Å². The molecule has 0 bridgehead atoms. The summed E-state index contributed by atoms with van der Waals surface area (Å²) < 4.78 is 42.7. The Labute approximate surface area is 170 Å². The molecule has 0 aliphatic rings. The molecule has 1 amide bonds. The summed E-state index contributed by atoms with van der Waals surface area (Å²) in [4.78, 5) is 20.7. The van der Waals surface area contributed by atoms with E-state index in [4.69, 9.17) is 0 Å². The Morgan fingerprint density at radius 3 is 2.47 bits per heavy atom. The number of anilines is 1. The van der Waals surface area contributed by atoms with Crippen LogP contribution in [0.3, 0.4) is 0 Å². The third-order valence-electron chi connectivity index (χ3n) is 3.97. The molecule has 158 valence electrons. The number of pyridine rings is 2. The van der Waals surface area contributed by atoms with Crippen molar-refractivity contribution < 1.29 is 22.7 Å². The molecule has 0 radical (unpaired) electrons. The number of halogens is 3. The number of nitrogens with one attached hydrogen (secondary N) is 1. The van der Waals surface area contributed by atoms with Crippen molar-refractivity contribution >= 4 is 11.7 Å². The van der Waals surface area contributed by atoms with E-state index >= 15 is 0 Å². The maximum Gasteiger partial charge on any atom is 0.422 e. The van der Waals surface area contributed by atoms with E-state index < -0.39 is 18.7 Å². The van der Waals surface area contributed by atoms with E-state index in [0.717, 1.165) is 11.9 Å². The van der Waals surface area contributed by atoms with Gasteiger partial charge in [-0.3, -0.25) is 4.79 Å². The topological polar surface area (TPSA) is 81.9 Å². The van der Waals surface area contributed by atoms with Gasteiger partial charge in [-0.2, -0.15) is 23.0 Å². The Hall–Kier alpha value is -3.43. The van der Waals surface area contributed by atoms with E-state index in [-0.39, 0.29) is 16.9 Å². The predicted octanol–water partition coefficient (Wildman–Crippen LogP) is 4.15. The van der Waals surface area contributed by atoms with Crippen LogP contribution in [0.25, 0.3) is 5.82 Å². The van der Waals surface area contributed by atoms with Crippen molar-refractivity contribution in [2.75, 3.05) is 11.9 Å². The number of rotatable bonds is 5. The monoisotopic (exact) mass is 419 g/mol. The van der Waals surface area contributed by atoms with Gasteiger partial charge < -0.3 is 10.1 Å². The first-order chi connectivity index (χ1) is 14.0. The summed E-state index contributed by atoms with van der Waals surface area (Å²) in [6.07, 6.45) is -1.71. The van der Waals surface area contributed by atoms with E-state index in [1.54, 1.807) is 30.5 Å². The molecular formula is C20H20F3N5O2. The highest BCUT2D eigenvalue weighted by Crippen LogP contribution is 2.26. The fourth-order valence-electron chi connectivity index (χ4n) is 2.43. The molecule has 1 N–H and O–H groups in total. The Morgan fingerprint density at radius 2 is 1.90 bits per heavy atom. The molecule has 0 saturated heterocycles. The normalized spacial score (nSPS) is 11.9. The first-order valence-corrected chi connectivity index (χ1v) is 9.02. The number of carbonyl (C=O) groups excluding carboxylic acids is 1. The van der Waals surface area contributed by atoms with Gasteiger partial charge in [-0.25, -0.2) is 9.97 Å². The quantitative estimate of drug-likeness (QED) is 0.672. The van der Waals surface area contributed by atoms with Gasteiger partial charge in [-0.1, -0.05) is 26.8 Å². The highest BCUT2D eigenvalue weighted by Gasteiger charge is 2.28. The van der Waals surface area contributed by atoms with Crippen LogP contribution in [0.2, 0.25) is 0 Å². The minimum atomic E-state index is -4.47. The van der Waals surface area contributed by atoms with Crippen LogP contribution in [-0.4, -0.2) is 38.4 Å². The second kappa shape index (κ2) is 8.13. The van der Waals surface area contributed by atoms with Gasteiger partial charge in [0.25, 0.3) is 5.91 Å². The van der Waals surface area contributed by atoms with Crippen molar-refractivity contribution in [2.45, 2.75) is 32.4 Å². The van der Waals surface area contributed by atoms with Gasteiger partial charge in [0.15, 0.2) is 12.4 Å². The average Bonchev–Trinajstić information content (AvgIpc) is 3.11. The molecule has 3 heterocycles. The molecule has 0 aromatic carbocycles. The molecule has 10 heteroatoms. The van der Waals surface area contributed by atoms with Crippen LogP contribution in [0.5, 0.6) is 5.88 Å². The van der Waals surface area contributed by atoms with Gasteiger partial charge >= 0.3 is 6.18 Å². The summed E-state index contributed by atoms with van der Waals surface area (Å²) in [6, 6.07) is 9.61. The fourth-order valence-corrected chi connectivity index (χ4v) is 2.43. The lowest BCUT2D eigenvalue weighted by Gasteiger charge is -2.13. The summed E-state index contributed by atoms with van der Waals surface area (Å²) in [6.45, 7) is 4.53. The van der Waals surface area contributed by atoms with Gasteiger partial charge in [-0.05, 0) is 18.2 Å². The molecule has 3 aromatic heterocycles. The second-order valence-electron chi connectivity index (χ2n) is 7.51. The standard InChI is InChI=1S/C20H20F3N5O2/c1-19(2,3)14-10-16(28(27-14)15-6-4-5-9-24-15)26-18(29)13-7-8-17(25-11-13)30-12-20(21,22)23/h4-11H,12H2,1-3H3,(H,26,29). The number of hydrogen-bond donors (Lipinski definition) is 1. The van der Waals surface area contributed by atoms with Gasteiger partial charge in [0.05, 0.1) is 11.3 Å². The highest BCUT2D eigenvalue weighted by atomic mass is 19.4. The summed E-state index contributed by atoms with van der Waals surface area (Å²) in [5, 5.41) is 7.31.